The molecule has 1 amide bonds. The van der Waals surface area contributed by atoms with E-state index in [0.29, 0.717) is 6.04 Å². The first-order valence-corrected chi connectivity index (χ1v) is 3.24. The first-order valence-electron chi connectivity index (χ1n) is 3.24. The fourth-order valence-electron chi connectivity index (χ4n) is 0.968. The number of hydrogen-bond acceptors (Lipinski definition) is 2. The second-order valence-corrected chi connectivity index (χ2v) is 2.53. The Labute approximate surface area is 54.8 Å². The number of nitrogens with one attached hydrogen (secondary N) is 2. The molecule has 0 aliphatic carbocycles. The molecule has 52 valence electrons. The number of amides is 1. The van der Waals surface area contributed by atoms with Crippen LogP contribution in [-0.2, 0) is 4.79 Å². The molecule has 0 saturated carbocycles. The van der Waals surface area contributed by atoms with E-state index in [-0.39, 0.29) is 11.9 Å². The van der Waals surface area contributed by atoms with Crippen LogP contribution in [0, 0.1) is 0 Å². The zero-order valence-electron chi connectivity index (χ0n) is 5.77. The van der Waals surface area contributed by atoms with Crippen LogP contribution in [0.4, 0.5) is 0 Å². The second-order valence-electron chi connectivity index (χ2n) is 2.53. The number of carbonyl (C=O) groups excluding carboxylic acids is 1. The molecule has 2 atom stereocenters. The van der Waals surface area contributed by atoms with Gasteiger partial charge in [-0.1, -0.05) is 0 Å². The summed E-state index contributed by atoms with van der Waals surface area (Å²) in [5, 5.41) is 5.90. The number of rotatable bonds is 0. The molecule has 1 unspecified atom stereocenters. The molecule has 0 radical (unpaired) electrons. The van der Waals surface area contributed by atoms with E-state index in [1.807, 2.05) is 6.92 Å². The lowest BCUT2D eigenvalue weighted by atomic mass is 10.2. The molecule has 0 spiro atoms. The highest BCUT2D eigenvalue weighted by Gasteiger charge is 2.19. The quantitative estimate of drug-likeness (QED) is 0.461. The van der Waals surface area contributed by atoms with Crippen LogP contribution >= 0.6 is 0 Å². The van der Waals surface area contributed by atoms with Gasteiger partial charge in [-0.25, -0.2) is 0 Å². The maximum absolute atomic E-state index is 10.8. The molecule has 1 fully saturated rings. The Morgan fingerprint density at radius 2 is 2.22 bits per heavy atom. The van der Waals surface area contributed by atoms with Crippen LogP contribution in [0.3, 0.4) is 0 Å². The molecule has 0 aromatic carbocycles. The highest BCUT2D eigenvalue weighted by atomic mass is 16.2. The summed E-state index contributed by atoms with van der Waals surface area (Å²) in [5.74, 6) is 0.105. The SMILES string of the molecule is CC1CNC(=O)[C@@H](C)N1. The highest BCUT2D eigenvalue weighted by Crippen LogP contribution is 1.92. The van der Waals surface area contributed by atoms with Crippen LogP contribution in [0.15, 0.2) is 0 Å². The van der Waals surface area contributed by atoms with Gasteiger partial charge in [0.25, 0.3) is 0 Å². The normalized spacial score (nSPS) is 36.0. The minimum atomic E-state index is -0.0197. The third-order valence-electron chi connectivity index (χ3n) is 1.51. The van der Waals surface area contributed by atoms with Crippen LogP contribution in [0.5, 0.6) is 0 Å². The van der Waals surface area contributed by atoms with Crippen molar-refractivity contribution in [2.75, 3.05) is 6.54 Å². The summed E-state index contributed by atoms with van der Waals surface area (Å²) >= 11 is 0. The summed E-state index contributed by atoms with van der Waals surface area (Å²) in [6.45, 7) is 4.67. The van der Waals surface area contributed by atoms with Crippen molar-refractivity contribution in [3.05, 3.63) is 0 Å². The van der Waals surface area contributed by atoms with Gasteiger partial charge in [0.05, 0.1) is 6.04 Å². The van der Waals surface area contributed by atoms with E-state index in [9.17, 15) is 4.79 Å². The predicted octanol–water partition coefficient (Wildman–Crippen LogP) is -0.517. The fourth-order valence-corrected chi connectivity index (χ4v) is 0.968. The van der Waals surface area contributed by atoms with Gasteiger partial charge in [0, 0.05) is 12.6 Å². The molecular formula is C6H12N2O. The number of carbonyl (C=O) groups is 1. The second kappa shape index (κ2) is 2.35. The van der Waals surface area contributed by atoms with Crippen LogP contribution in [0.1, 0.15) is 13.8 Å². The lowest BCUT2D eigenvalue weighted by Gasteiger charge is -2.25. The maximum Gasteiger partial charge on any atom is 0.236 e. The Hall–Kier alpha value is -0.570. The van der Waals surface area contributed by atoms with Gasteiger partial charge < -0.3 is 10.6 Å². The summed E-state index contributed by atoms with van der Waals surface area (Å²) in [7, 11) is 0. The molecule has 0 bridgehead atoms. The Bertz CT molecular complexity index is 124. The van der Waals surface area contributed by atoms with Crippen LogP contribution in [0.25, 0.3) is 0 Å². The van der Waals surface area contributed by atoms with Gasteiger partial charge in [0.2, 0.25) is 5.91 Å². The molecule has 9 heavy (non-hydrogen) atoms. The van der Waals surface area contributed by atoms with E-state index < -0.39 is 0 Å². The number of piperazine rings is 1. The van der Waals surface area contributed by atoms with Crippen molar-refractivity contribution in [1.82, 2.24) is 10.6 Å². The smallest absolute Gasteiger partial charge is 0.236 e. The van der Waals surface area contributed by atoms with Gasteiger partial charge in [-0.3, -0.25) is 4.79 Å². The van der Waals surface area contributed by atoms with E-state index in [1.165, 1.54) is 0 Å². The summed E-state index contributed by atoms with van der Waals surface area (Å²) in [6.07, 6.45) is 0. The Balaban J connectivity index is 2.44. The van der Waals surface area contributed by atoms with Gasteiger partial charge in [-0.05, 0) is 13.8 Å². The zero-order chi connectivity index (χ0) is 6.85. The van der Waals surface area contributed by atoms with Crippen molar-refractivity contribution in [1.29, 1.82) is 0 Å². The first-order chi connectivity index (χ1) is 4.20. The van der Waals surface area contributed by atoms with Crippen molar-refractivity contribution in [3.8, 4) is 0 Å². The van der Waals surface area contributed by atoms with Crippen LogP contribution in [0.2, 0.25) is 0 Å². The minimum absolute atomic E-state index is 0.0197. The van der Waals surface area contributed by atoms with E-state index in [4.69, 9.17) is 0 Å². The standard InChI is InChI=1S/C6H12N2O/c1-4-3-7-6(9)5(2)8-4/h4-5,8H,3H2,1-2H3,(H,7,9)/t4?,5-/m1/s1. The van der Waals surface area contributed by atoms with Gasteiger partial charge in [-0.15, -0.1) is 0 Å². The lowest BCUT2D eigenvalue weighted by Crippen LogP contribution is -2.55. The van der Waals surface area contributed by atoms with E-state index >= 15 is 0 Å². The molecule has 1 rings (SSSR count). The third-order valence-corrected chi connectivity index (χ3v) is 1.51. The lowest BCUT2D eigenvalue weighted by molar-refractivity contribution is -0.124. The molecule has 0 aromatic rings. The molecule has 0 aromatic heterocycles. The summed E-state index contributed by atoms with van der Waals surface area (Å²) < 4.78 is 0. The Kier molecular flexibility index (Phi) is 1.71. The van der Waals surface area contributed by atoms with Gasteiger partial charge in [0.1, 0.15) is 0 Å². The molecule has 3 heteroatoms. The van der Waals surface area contributed by atoms with Crippen LogP contribution < -0.4 is 10.6 Å². The van der Waals surface area contributed by atoms with E-state index in [0.717, 1.165) is 6.54 Å². The highest BCUT2D eigenvalue weighted by molar-refractivity contribution is 5.82. The average Bonchev–Trinajstić information content (AvgIpc) is 1.80. The van der Waals surface area contributed by atoms with Crippen molar-refractivity contribution >= 4 is 5.91 Å². The molecule has 1 aliphatic heterocycles. The topological polar surface area (TPSA) is 41.1 Å². The van der Waals surface area contributed by atoms with Gasteiger partial charge in [-0.2, -0.15) is 0 Å². The maximum atomic E-state index is 10.8. The fraction of sp³-hybridized carbons (Fsp3) is 0.833. The summed E-state index contributed by atoms with van der Waals surface area (Å²) in [5.41, 5.74) is 0. The average molecular weight is 128 g/mol. The molecule has 3 nitrogen and oxygen atoms in total. The molecule has 1 aliphatic rings. The first kappa shape index (κ1) is 6.55. The van der Waals surface area contributed by atoms with Crippen molar-refractivity contribution in [3.63, 3.8) is 0 Å². The summed E-state index contributed by atoms with van der Waals surface area (Å²) in [4.78, 5) is 10.8. The minimum Gasteiger partial charge on any atom is -0.353 e. The molecular weight excluding hydrogens is 116 g/mol. The van der Waals surface area contributed by atoms with Crippen molar-refractivity contribution in [2.24, 2.45) is 0 Å². The van der Waals surface area contributed by atoms with Crippen molar-refractivity contribution in [2.45, 2.75) is 25.9 Å². The van der Waals surface area contributed by atoms with E-state index in [2.05, 4.69) is 17.6 Å². The largest absolute Gasteiger partial charge is 0.353 e. The zero-order valence-corrected chi connectivity index (χ0v) is 5.77. The Morgan fingerprint density at radius 3 is 2.67 bits per heavy atom. The number of hydrogen-bond donors (Lipinski definition) is 2. The third kappa shape index (κ3) is 1.42. The van der Waals surface area contributed by atoms with E-state index in [1.54, 1.807) is 0 Å². The summed E-state index contributed by atoms with van der Waals surface area (Å²) in [6, 6.07) is 0.395. The predicted molar refractivity (Wildman–Crippen MR) is 35.1 cm³/mol. The molecule has 1 heterocycles. The van der Waals surface area contributed by atoms with Gasteiger partial charge in [0.15, 0.2) is 0 Å². The van der Waals surface area contributed by atoms with Crippen molar-refractivity contribution < 1.29 is 4.79 Å². The monoisotopic (exact) mass is 128 g/mol. The molecule has 1 saturated heterocycles. The van der Waals surface area contributed by atoms with Gasteiger partial charge >= 0.3 is 0 Å². The Morgan fingerprint density at radius 1 is 1.56 bits per heavy atom. The van der Waals surface area contributed by atoms with Crippen LogP contribution in [-0.4, -0.2) is 24.5 Å². The molecule has 2 N–H and O–H groups in total.